The molecule has 0 bridgehead atoms. The maximum atomic E-state index is 5.25. The number of benzene rings is 7. The summed E-state index contributed by atoms with van der Waals surface area (Å²) in [5.74, 6) is 1.93. The van der Waals surface area contributed by atoms with E-state index in [1.807, 2.05) is 18.2 Å². The van der Waals surface area contributed by atoms with E-state index in [-0.39, 0.29) is 0 Å². The van der Waals surface area contributed by atoms with Crippen LogP contribution in [0, 0.1) is 0 Å². The first kappa shape index (κ1) is 27.6. The fourth-order valence-corrected chi connectivity index (χ4v) is 8.25. The number of rotatable bonds is 4. The van der Waals surface area contributed by atoms with Crippen LogP contribution in [0.15, 0.2) is 140 Å². The summed E-state index contributed by atoms with van der Waals surface area (Å²) in [6, 6.07) is 49.7. The molecule has 0 atom stereocenters. The second-order valence-electron chi connectivity index (χ2n) is 13.3. The van der Waals surface area contributed by atoms with Crippen LogP contribution < -0.4 is 5.19 Å². The Morgan fingerprint density at radius 3 is 1.77 bits per heavy atom. The third kappa shape index (κ3) is 4.38. The highest BCUT2D eigenvalue weighted by Gasteiger charge is 2.23. The summed E-state index contributed by atoms with van der Waals surface area (Å²) in [6.07, 6.45) is 0. The molecule has 0 spiro atoms. The Morgan fingerprint density at radius 2 is 1.04 bits per heavy atom. The van der Waals surface area contributed by atoms with E-state index in [9.17, 15) is 0 Å². The summed E-state index contributed by atoms with van der Waals surface area (Å²) in [7, 11) is -1.46. The molecule has 0 aliphatic rings. The van der Waals surface area contributed by atoms with E-state index in [4.69, 9.17) is 15.0 Å². The summed E-state index contributed by atoms with van der Waals surface area (Å²) in [6.45, 7) is 7.11. The van der Waals surface area contributed by atoms with Crippen molar-refractivity contribution in [2.75, 3.05) is 0 Å². The fraction of sp³-hybridized carbons (Fsp3) is 0.0714. The second kappa shape index (κ2) is 10.4. The number of aromatic nitrogens is 4. The molecule has 0 aliphatic heterocycles. The van der Waals surface area contributed by atoms with Gasteiger partial charge in [0.15, 0.2) is 11.6 Å². The van der Waals surface area contributed by atoms with Gasteiger partial charge in [-0.3, -0.25) is 4.57 Å². The zero-order valence-electron chi connectivity index (χ0n) is 26.6. The van der Waals surface area contributed by atoms with Crippen molar-refractivity contribution in [2.45, 2.75) is 19.6 Å². The lowest BCUT2D eigenvalue weighted by molar-refractivity contribution is 0.955. The van der Waals surface area contributed by atoms with E-state index in [0.717, 1.165) is 22.2 Å². The van der Waals surface area contributed by atoms with E-state index in [1.165, 1.54) is 48.3 Å². The molecule has 2 aromatic heterocycles. The van der Waals surface area contributed by atoms with Crippen LogP contribution in [0.5, 0.6) is 0 Å². The van der Waals surface area contributed by atoms with Gasteiger partial charge in [0.2, 0.25) is 5.95 Å². The number of para-hydroxylation sites is 1. The average Bonchev–Trinajstić information content (AvgIpc) is 3.47. The third-order valence-electron chi connectivity index (χ3n) is 9.39. The molecule has 0 unspecified atom stereocenters. The number of nitrogens with zero attached hydrogens (tertiary/aromatic N) is 4. The molecule has 2 heterocycles. The van der Waals surface area contributed by atoms with Crippen molar-refractivity contribution in [1.29, 1.82) is 0 Å². The van der Waals surface area contributed by atoms with Crippen LogP contribution in [0.3, 0.4) is 0 Å². The first-order chi connectivity index (χ1) is 23.0. The lowest BCUT2D eigenvalue weighted by Gasteiger charge is -2.17. The highest BCUT2D eigenvalue weighted by atomic mass is 28.3. The molecule has 47 heavy (non-hydrogen) atoms. The van der Waals surface area contributed by atoms with E-state index < -0.39 is 8.07 Å². The van der Waals surface area contributed by atoms with Gasteiger partial charge in [0.1, 0.15) is 0 Å². The highest BCUT2D eigenvalue weighted by Crippen LogP contribution is 2.44. The molecular weight excluding hydrogens is 589 g/mol. The van der Waals surface area contributed by atoms with E-state index in [1.54, 1.807) is 0 Å². The van der Waals surface area contributed by atoms with Crippen molar-refractivity contribution >= 4 is 67.4 Å². The zero-order valence-corrected chi connectivity index (χ0v) is 27.6. The van der Waals surface area contributed by atoms with Crippen molar-refractivity contribution in [3.05, 3.63) is 140 Å². The number of fused-ring (bicyclic) bond motifs is 10. The van der Waals surface area contributed by atoms with Crippen LogP contribution in [-0.4, -0.2) is 27.6 Å². The predicted octanol–water partition coefficient (Wildman–Crippen LogP) is 10.3. The molecule has 7 aromatic carbocycles. The Morgan fingerprint density at radius 1 is 0.447 bits per heavy atom. The monoisotopic (exact) mass is 620 g/mol. The van der Waals surface area contributed by atoms with Gasteiger partial charge in [0, 0.05) is 27.3 Å². The Kier molecular flexibility index (Phi) is 6.14. The molecule has 0 aliphatic carbocycles. The molecular formula is C42H32N4Si. The van der Waals surface area contributed by atoms with Gasteiger partial charge in [-0.15, -0.1) is 0 Å². The first-order valence-corrected chi connectivity index (χ1v) is 19.6. The summed E-state index contributed by atoms with van der Waals surface area (Å²) in [5, 5.41) is 11.2. The molecule has 9 rings (SSSR count). The minimum absolute atomic E-state index is 0.611. The van der Waals surface area contributed by atoms with Gasteiger partial charge in [-0.25, -0.2) is 4.98 Å². The summed E-state index contributed by atoms with van der Waals surface area (Å²) in [4.78, 5) is 15.5. The molecule has 0 saturated carbocycles. The summed E-state index contributed by atoms with van der Waals surface area (Å²) < 4.78 is 2.26. The second-order valence-corrected chi connectivity index (χ2v) is 18.4. The van der Waals surface area contributed by atoms with E-state index >= 15 is 0 Å². The van der Waals surface area contributed by atoms with Crippen LogP contribution in [0.2, 0.25) is 19.6 Å². The van der Waals surface area contributed by atoms with Crippen molar-refractivity contribution < 1.29 is 0 Å². The normalized spacial score (nSPS) is 12.1. The minimum atomic E-state index is -1.46. The topological polar surface area (TPSA) is 43.6 Å². The SMILES string of the molecule is C[Si](C)(C)c1ccc(-c2nc(-c3ccccc3)nc(-n3c4ccccc4c4c5ccc6ccccc6c5c5ccccc5c43)n2)cc1. The molecule has 224 valence electrons. The highest BCUT2D eigenvalue weighted by molar-refractivity contribution is 6.88. The molecule has 0 N–H and O–H groups in total. The van der Waals surface area contributed by atoms with Crippen molar-refractivity contribution in [2.24, 2.45) is 0 Å². The number of hydrogen-bond donors (Lipinski definition) is 0. The first-order valence-electron chi connectivity index (χ1n) is 16.1. The maximum absolute atomic E-state index is 5.25. The molecule has 0 saturated heterocycles. The third-order valence-corrected chi connectivity index (χ3v) is 11.5. The van der Waals surface area contributed by atoms with Crippen LogP contribution in [0.4, 0.5) is 0 Å². The lowest BCUT2D eigenvalue weighted by Crippen LogP contribution is -2.37. The Hall–Kier alpha value is -5.65. The van der Waals surface area contributed by atoms with E-state index in [2.05, 4.69) is 146 Å². The fourth-order valence-electron chi connectivity index (χ4n) is 7.08. The Balaban J connectivity index is 1.42. The lowest BCUT2D eigenvalue weighted by atomic mass is 9.93. The van der Waals surface area contributed by atoms with Gasteiger partial charge in [-0.1, -0.05) is 158 Å². The number of hydrogen-bond acceptors (Lipinski definition) is 3. The summed E-state index contributed by atoms with van der Waals surface area (Å²) in [5.41, 5.74) is 4.11. The maximum Gasteiger partial charge on any atom is 0.238 e. The quantitative estimate of drug-likeness (QED) is 0.145. The molecule has 0 amide bonds. The molecule has 0 fully saturated rings. The van der Waals surface area contributed by atoms with Crippen LogP contribution in [0.1, 0.15) is 0 Å². The smallest absolute Gasteiger partial charge is 0.238 e. The predicted molar refractivity (Wildman–Crippen MR) is 201 cm³/mol. The summed E-state index contributed by atoms with van der Waals surface area (Å²) >= 11 is 0. The van der Waals surface area contributed by atoms with Gasteiger partial charge in [-0.05, 0) is 33.0 Å². The molecule has 9 aromatic rings. The van der Waals surface area contributed by atoms with Gasteiger partial charge in [0.05, 0.1) is 19.1 Å². The van der Waals surface area contributed by atoms with Gasteiger partial charge in [-0.2, -0.15) is 9.97 Å². The minimum Gasteiger partial charge on any atom is -0.277 e. The Labute approximate surface area is 274 Å². The van der Waals surface area contributed by atoms with Crippen LogP contribution >= 0.6 is 0 Å². The average molecular weight is 621 g/mol. The van der Waals surface area contributed by atoms with Gasteiger partial charge in [0.25, 0.3) is 0 Å². The largest absolute Gasteiger partial charge is 0.277 e. The van der Waals surface area contributed by atoms with Gasteiger partial charge < -0.3 is 0 Å². The Bertz CT molecular complexity index is 2650. The molecule has 0 radical (unpaired) electrons. The molecule has 5 heteroatoms. The molecule has 4 nitrogen and oxygen atoms in total. The van der Waals surface area contributed by atoms with Crippen LogP contribution in [0.25, 0.3) is 82.8 Å². The zero-order chi connectivity index (χ0) is 31.7. The van der Waals surface area contributed by atoms with Gasteiger partial charge >= 0.3 is 0 Å². The van der Waals surface area contributed by atoms with Crippen molar-refractivity contribution in [3.8, 4) is 28.7 Å². The standard InChI is InChI=1S/C42H32N4Si/c1-47(2,3)30-24-21-29(22-25-30)41-43-40(28-14-5-4-6-15-28)44-42(45-41)46-36-20-12-11-19-34(36)38-35-26-23-27-13-7-8-16-31(27)37(35)32-17-9-10-18-33(32)39(38)46/h4-26H,1-3H3. The van der Waals surface area contributed by atoms with Crippen molar-refractivity contribution in [3.63, 3.8) is 0 Å². The van der Waals surface area contributed by atoms with Crippen molar-refractivity contribution in [1.82, 2.24) is 19.5 Å². The van der Waals surface area contributed by atoms with E-state index in [0.29, 0.717) is 17.6 Å². The van der Waals surface area contributed by atoms with Crippen LogP contribution in [-0.2, 0) is 0 Å².